The van der Waals surface area contributed by atoms with Crippen LogP contribution in [0.25, 0.3) is 16.0 Å². The summed E-state index contributed by atoms with van der Waals surface area (Å²) in [5, 5.41) is 0.943. The molecule has 31 heavy (non-hydrogen) atoms. The third-order valence-electron chi connectivity index (χ3n) is 5.75. The number of hydrogen-bond donors (Lipinski definition) is 0. The van der Waals surface area contributed by atoms with Crippen LogP contribution < -0.4 is 4.90 Å². The molecule has 0 unspecified atom stereocenters. The SMILES string of the molecule is Cc1cc(C(=O)N2CCN(c3nc4cccnc4s3)CC2)c(C)n1-c1ccccc1F. The highest BCUT2D eigenvalue weighted by molar-refractivity contribution is 7.21. The zero-order chi connectivity index (χ0) is 21.5. The minimum atomic E-state index is -0.303. The average Bonchev–Trinajstić information content (AvgIpc) is 3.35. The van der Waals surface area contributed by atoms with Crippen LogP contribution in [0.2, 0.25) is 0 Å². The van der Waals surface area contributed by atoms with Crippen LogP contribution in [-0.2, 0) is 0 Å². The van der Waals surface area contributed by atoms with Gasteiger partial charge in [-0.3, -0.25) is 4.79 Å². The van der Waals surface area contributed by atoms with Gasteiger partial charge in [0.25, 0.3) is 5.91 Å². The summed E-state index contributed by atoms with van der Waals surface area (Å²) in [5.74, 6) is -0.316. The molecule has 8 heteroatoms. The van der Waals surface area contributed by atoms with E-state index in [0.717, 1.165) is 40.0 Å². The molecule has 4 heterocycles. The van der Waals surface area contributed by atoms with Crippen LogP contribution in [-0.4, -0.2) is 51.5 Å². The second kappa shape index (κ2) is 7.77. The molecule has 0 bridgehead atoms. The highest BCUT2D eigenvalue weighted by Gasteiger charge is 2.27. The number of fused-ring (bicyclic) bond motifs is 1. The summed E-state index contributed by atoms with van der Waals surface area (Å²) in [6.07, 6.45) is 1.78. The van der Waals surface area contributed by atoms with Crippen molar-refractivity contribution in [2.75, 3.05) is 31.1 Å². The maximum absolute atomic E-state index is 14.4. The smallest absolute Gasteiger partial charge is 0.255 e. The minimum Gasteiger partial charge on any atom is -0.344 e. The maximum atomic E-state index is 14.4. The Hall–Kier alpha value is -3.26. The molecule has 6 nitrogen and oxygen atoms in total. The fourth-order valence-corrected chi connectivity index (χ4v) is 5.11. The van der Waals surface area contributed by atoms with Crippen LogP contribution in [0, 0.1) is 19.7 Å². The number of rotatable bonds is 3. The van der Waals surface area contributed by atoms with Gasteiger partial charge in [-0.25, -0.2) is 14.4 Å². The molecule has 1 aliphatic rings. The molecule has 0 radical (unpaired) electrons. The summed E-state index contributed by atoms with van der Waals surface area (Å²) in [5.41, 5.74) is 3.59. The van der Waals surface area contributed by atoms with Gasteiger partial charge in [-0.15, -0.1) is 0 Å². The molecule has 1 fully saturated rings. The van der Waals surface area contributed by atoms with Crippen molar-refractivity contribution in [3.63, 3.8) is 0 Å². The van der Waals surface area contributed by atoms with Gasteiger partial charge in [0, 0.05) is 43.8 Å². The van der Waals surface area contributed by atoms with Gasteiger partial charge in [-0.1, -0.05) is 23.5 Å². The van der Waals surface area contributed by atoms with Crippen molar-refractivity contribution in [1.82, 2.24) is 19.4 Å². The number of piperazine rings is 1. The number of benzene rings is 1. The summed E-state index contributed by atoms with van der Waals surface area (Å²) in [6.45, 7) is 6.44. The number of nitrogens with zero attached hydrogens (tertiary/aromatic N) is 5. The lowest BCUT2D eigenvalue weighted by atomic mass is 10.2. The van der Waals surface area contributed by atoms with E-state index in [1.54, 1.807) is 35.7 Å². The van der Waals surface area contributed by atoms with Crippen LogP contribution in [0.15, 0.2) is 48.7 Å². The molecule has 1 aromatic carbocycles. The number of thiazole rings is 1. The van der Waals surface area contributed by atoms with E-state index in [0.29, 0.717) is 24.3 Å². The van der Waals surface area contributed by atoms with E-state index in [4.69, 9.17) is 0 Å². The highest BCUT2D eigenvalue weighted by Crippen LogP contribution is 2.28. The van der Waals surface area contributed by atoms with Crippen molar-refractivity contribution < 1.29 is 9.18 Å². The fraction of sp³-hybridized carbons (Fsp3) is 0.261. The normalized spacial score (nSPS) is 14.4. The number of para-hydroxylation sites is 1. The predicted molar refractivity (Wildman–Crippen MR) is 121 cm³/mol. The van der Waals surface area contributed by atoms with E-state index >= 15 is 0 Å². The molecular weight excluding hydrogens is 413 g/mol. The Balaban J connectivity index is 1.34. The van der Waals surface area contributed by atoms with E-state index in [1.807, 2.05) is 41.5 Å². The van der Waals surface area contributed by atoms with Crippen molar-refractivity contribution >= 4 is 32.7 Å². The number of aromatic nitrogens is 3. The van der Waals surface area contributed by atoms with Gasteiger partial charge < -0.3 is 14.4 Å². The van der Waals surface area contributed by atoms with E-state index in [1.165, 1.54) is 6.07 Å². The fourth-order valence-electron chi connectivity index (χ4n) is 4.15. The third-order valence-corrected chi connectivity index (χ3v) is 6.79. The minimum absolute atomic E-state index is 0.0127. The van der Waals surface area contributed by atoms with E-state index in [9.17, 15) is 9.18 Å². The second-order valence-electron chi connectivity index (χ2n) is 7.67. The Bertz CT molecular complexity index is 1240. The van der Waals surface area contributed by atoms with Crippen LogP contribution in [0.4, 0.5) is 9.52 Å². The Kier molecular flexibility index (Phi) is 4.94. The maximum Gasteiger partial charge on any atom is 0.255 e. The third kappa shape index (κ3) is 3.46. The van der Waals surface area contributed by atoms with E-state index in [2.05, 4.69) is 14.9 Å². The van der Waals surface area contributed by atoms with Crippen molar-refractivity contribution in [2.24, 2.45) is 0 Å². The van der Waals surface area contributed by atoms with Gasteiger partial charge in [0.15, 0.2) is 5.13 Å². The van der Waals surface area contributed by atoms with Crippen molar-refractivity contribution in [3.8, 4) is 5.69 Å². The number of pyridine rings is 1. The lowest BCUT2D eigenvalue weighted by Gasteiger charge is -2.34. The van der Waals surface area contributed by atoms with Gasteiger partial charge in [0.2, 0.25) is 0 Å². The topological polar surface area (TPSA) is 54.3 Å². The standard InChI is InChI=1S/C23H22FN5OS/c1-15-14-17(16(2)29(15)20-8-4-3-6-18(20)24)22(30)27-10-12-28(13-11-27)23-26-19-7-5-9-25-21(19)31-23/h3-9,14H,10-13H2,1-2H3. The van der Waals surface area contributed by atoms with Crippen LogP contribution >= 0.6 is 11.3 Å². The van der Waals surface area contributed by atoms with E-state index in [-0.39, 0.29) is 11.7 Å². The van der Waals surface area contributed by atoms with E-state index < -0.39 is 0 Å². The summed E-state index contributed by atoms with van der Waals surface area (Å²) < 4.78 is 16.2. The molecule has 0 N–H and O–H groups in total. The molecule has 5 rings (SSSR count). The number of halogens is 1. The van der Waals surface area contributed by atoms with Crippen molar-refractivity contribution in [2.45, 2.75) is 13.8 Å². The largest absolute Gasteiger partial charge is 0.344 e. The monoisotopic (exact) mass is 435 g/mol. The van der Waals surface area contributed by atoms with Gasteiger partial charge >= 0.3 is 0 Å². The van der Waals surface area contributed by atoms with Crippen LogP contribution in [0.5, 0.6) is 0 Å². The number of amides is 1. The number of aryl methyl sites for hydroxylation is 1. The molecule has 4 aromatic rings. The number of hydrogen-bond acceptors (Lipinski definition) is 5. The molecule has 1 aliphatic heterocycles. The summed E-state index contributed by atoms with van der Waals surface area (Å²) >= 11 is 1.58. The predicted octanol–water partition coefficient (Wildman–Crippen LogP) is 4.20. The van der Waals surface area contributed by atoms with Gasteiger partial charge in [-0.2, -0.15) is 0 Å². The first-order chi connectivity index (χ1) is 15.0. The molecule has 0 aliphatic carbocycles. The Morgan fingerprint density at radius 2 is 1.84 bits per heavy atom. The van der Waals surface area contributed by atoms with Crippen LogP contribution in [0.3, 0.4) is 0 Å². The van der Waals surface area contributed by atoms with Gasteiger partial charge in [-0.05, 0) is 44.2 Å². The Morgan fingerprint density at radius 3 is 2.58 bits per heavy atom. The zero-order valence-electron chi connectivity index (χ0n) is 17.4. The van der Waals surface area contributed by atoms with Crippen molar-refractivity contribution in [1.29, 1.82) is 0 Å². The van der Waals surface area contributed by atoms with Crippen LogP contribution in [0.1, 0.15) is 21.7 Å². The van der Waals surface area contributed by atoms with Gasteiger partial charge in [0.05, 0.1) is 11.3 Å². The molecule has 0 spiro atoms. The number of anilines is 1. The summed E-state index contributed by atoms with van der Waals surface area (Å²) in [4.78, 5) is 27.3. The molecule has 1 saturated heterocycles. The zero-order valence-corrected chi connectivity index (χ0v) is 18.2. The average molecular weight is 436 g/mol. The Labute approximate surface area is 183 Å². The highest BCUT2D eigenvalue weighted by atomic mass is 32.1. The molecule has 0 saturated carbocycles. The lowest BCUT2D eigenvalue weighted by molar-refractivity contribution is 0.0746. The number of carbonyl (C=O) groups excluding carboxylic acids is 1. The Morgan fingerprint density at radius 1 is 1.06 bits per heavy atom. The first-order valence-electron chi connectivity index (χ1n) is 10.2. The summed E-state index contributed by atoms with van der Waals surface area (Å²) in [6, 6.07) is 12.3. The molecule has 1 amide bonds. The van der Waals surface area contributed by atoms with Crippen molar-refractivity contribution in [3.05, 3.63) is 71.4 Å². The second-order valence-corrected chi connectivity index (χ2v) is 8.63. The first-order valence-corrected chi connectivity index (χ1v) is 11.0. The molecule has 158 valence electrons. The quantitative estimate of drug-likeness (QED) is 0.484. The first kappa shape index (κ1) is 19.7. The summed E-state index contributed by atoms with van der Waals surface area (Å²) in [7, 11) is 0. The molecule has 3 aromatic heterocycles. The molecular formula is C23H22FN5OS. The molecule has 0 atom stereocenters. The lowest BCUT2D eigenvalue weighted by Crippen LogP contribution is -2.48. The van der Waals surface area contributed by atoms with Gasteiger partial charge in [0.1, 0.15) is 16.2 Å². The number of carbonyl (C=O) groups is 1.